The van der Waals surface area contributed by atoms with Crippen molar-refractivity contribution < 1.29 is 4.79 Å². The number of nitrogens with one attached hydrogen (secondary N) is 2. The molecule has 0 atom stereocenters. The highest BCUT2D eigenvalue weighted by atomic mass is 32.2. The molecule has 0 unspecified atom stereocenters. The third-order valence-corrected chi connectivity index (χ3v) is 7.02. The molecule has 10 nitrogen and oxygen atoms in total. The van der Waals surface area contributed by atoms with E-state index in [4.69, 9.17) is 0 Å². The van der Waals surface area contributed by atoms with Crippen LogP contribution in [0.5, 0.6) is 0 Å². The summed E-state index contributed by atoms with van der Waals surface area (Å²) in [5, 5.41) is 0.900. The standard InChI is InChI=1S/C22H19N7O3S2/c1-11-4-6-14(7-5-11)28-18-17(19(31)24-10-23-18)26-22(28)33-9-16(30)27-29-13(3)25-20-15(21(29)32)8-12(2)34-20/h4-8,10H,9H2,1-3H3,(H,27,30)(H,23,24,31). The Morgan fingerprint density at radius 1 is 1.15 bits per heavy atom. The van der Waals surface area contributed by atoms with Crippen LogP contribution in [0.25, 0.3) is 27.1 Å². The van der Waals surface area contributed by atoms with Gasteiger partial charge in [-0.05, 0) is 39.0 Å². The van der Waals surface area contributed by atoms with Gasteiger partial charge in [0, 0.05) is 10.6 Å². The van der Waals surface area contributed by atoms with Crippen LogP contribution >= 0.6 is 23.1 Å². The number of hydrogen-bond donors (Lipinski definition) is 2. The summed E-state index contributed by atoms with van der Waals surface area (Å²) in [6.07, 6.45) is 1.32. The summed E-state index contributed by atoms with van der Waals surface area (Å²) >= 11 is 2.57. The highest BCUT2D eigenvalue weighted by Crippen LogP contribution is 2.26. The van der Waals surface area contributed by atoms with Gasteiger partial charge in [-0.15, -0.1) is 11.3 Å². The van der Waals surface area contributed by atoms with Crippen LogP contribution < -0.4 is 16.5 Å². The highest BCUT2D eigenvalue weighted by molar-refractivity contribution is 7.99. The van der Waals surface area contributed by atoms with Gasteiger partial charge in [0.05, 0.1) is 17.5 Å². The van der Waals surface area contributed by atoms with Gasteiger partial charge < -0.3 is 4.98 Å². The number of benzene rings is 1. The molecule has 5 rings (SSSR count). The van der Waals surface area contributed by atoms with Crippen molar-refractivity contribution in [1.82, 2.24) is 29.2 Å². The van der Waals surface area contributed by atoms with E-state index in [2.05, 4.69) is 25.4 Å². The van der Waals surface area contributed by atoms with E-state index in [1.54, 1.807) is 17.6 Å². The number of fused-ring (bicyclic) bond motifs is 2. The summed E-state index contributed by atoms with van der Waals surface area (Å²) in [6.45, 7) is 5.55. The number of aromatic nitrogens is 6. The Bertz CT molecular complexity index is 1680. The smallest absolute Gasteiger partial charge is 0.281 e. The Kier molecular flexibility index (Phi) is 5.54. The normalized spacial score (nSPS) is 11.4. The van der Waals surface area contributed by atoms with Crippen molar-refractivity contribution in [2.75, 3.05) is 11.2 Å². The van der Waals surface area contributed by atoms with Crippen LogP contribution in [0.2, 0.25) is 0 Å². The van der Waals surface area contributed by atoms with E-state index < -0.39 is 5.91 Å². The van der Waals surface area contributed by atoms with Crippen LogP contribution in [-0.4, -0.2) is 40.8 Å². The SMILES string of the molecule is Cc1ccc(-n2c(SCC(=O)Nn3c(C)nc4sc(C)cc4c3=O)nc3c(=O)[nH]cnc32)cc1. The molecule has 0 fully saturated rings. The van der Waals surface area contributed by atoms with Gasteiger partial charge in [-0.1, -0.05) is 29.5 Å². The van der Waals surface area contributed by atoms with Gasteiger partial charge in [-0.2, -0.15) is 0 Å². The minimum absolute atomic E-state index is 0.0420. The number of carbonyl (C=O) groups is 1. The second kappa shape index (κ2) is 8.54. The van der Waals surface area contributed by atoms with Crippen LogP contribution in [0.15, 0.2) is 51.4 Å². The van der Waals surface area contributed by atoms with Gasteiger partial charge in [-0.3, -0.25) is 24.4 Å². The lowest BCUT2D eigenvalue weighted by Crippen LogP contribution is -2.36. The molecule has 2 N–H and O–H groups in total. The van der Waals surface area contributed by atoms with E-state index in [0.717, 1.165) is 32.6 Å². The monoisotopic (exact) mass is 493 g/mol. The molecule has 0 saturated heterocycles. The van der Waals surface area contributed by atoms with E-state index in [9.17, 15) is 14.4 Å². The number of carbonyl (C=O) groups excluding carboxylic acids is 1. The van der Waals surface area contributed by atoms with Crippen LogP contribution in [0.4, 0.5) is 0 Å². The van der Waals surface area contributed by atoms with Gasteiger partial charge in [0.2, 0.25) is 5.91 Å². The number of amides is 1. The minimum atomic E-state index is -0.410. The zero-order chi connectivity index (χ0) is 24.0. The second-order valence-corrected chi connectivity index (χ2v) is 9.85. The fourth-order valence-corrected chi connectivity index (χ4v) is 5.25. The molecule has 4 aromatic heterocycles. The third-order valence-electron chi connectivity index (χ3n) is 5.14. The van der Waals surface area contributed by atoms with Crippen LogP contribution in [0.3, 0.4) is 0 Å². The highest BCUT2D eigenvalue weighted by Gasteiger charge is 2.19. The van der Waals surface area contributed by atoms with Crippen molar-refractivity contribution in [2.24, 2.45) is 0 Å². The van der Waals surface area contributed by atoms with Crippen LogP contribution in [0, 0.1) is 20.8 Å². The fraction of sp³-hybridized carbons (Fsp3) is 0.182. The van der Waals surface area contributed by atoms with E-state index >= 15 is 0 Å². The van der Waals surface area contributed by atoms with E-state index in [-0.39, 0.29) is 22.4 Å². The van der Waals surface area contributed by atoms with E-state index in [1.807, 2.05) is 38.1 Å². The maximum absolute atomic E-state index is 12.8. The first-order valence-corrected chi connectivity index (χ1v) is 12.1. The molecule has 0 radical (unpaired) electrons. The molecule has 34 heavy (non-hydrogen) atoms. The molecular weight excluding hydrogens is 474 g/mol. The largest absolute Gasteiger partial charge is 0.311 e. The molecule has 12 heteroatoms. The first-order chi connectivity index (χ1) is 16.3. The van der Waals surface area contributed by atoms with Gasteiger partial charge in [0.15, 0.2) is 16.3 Å². The lowest BCUT2D eigenvalue weighted by atomic mass is 10.2. The summed E-state index contributed by atoms with van der Waals surface area (Å²) in [4.78, 5) is 55.2. The molecule has 0 aliphatic rings. The molecule has 4 heterocycles. The summed E-state index contributed by atoms with van der Waals surface area (Å²) in [5.41, 5.74) is 4.36. The number of rotatable bonds is 5. The van der Waals surface area contributed by atoms with Crippen molar-refractivity contribution in [3.05, 3.63) is 73.6 Å². The Balaban J connectivity index is 1.45. The second-order valence-electron chi connectivity index (χ2n) is 7.67. The molecule has 0 aliphatic heterocycles. The molecule has 0 aliphatic carbocycles. The number of imidazole rings is 1. The van der Waals surface area contributed by atoms with Crippen molar-refractivity contribution >= 4 is 50.4 Å². The lowest BCUT2D eigenvalue weighted by molar-refractivity contribution is -0.114. The van der Waals surface area contributed by atoms with Gasteiger partial charge in [0.25, 0.3) is 11.1 Å². The molecular formula is C22H19N7O3S2. The summed E-state index contributed by atoms with van der Waals surface area (Å²) < 4.78 is 2.90. The number of aromatic amines is 1. The predicted molar refractivity (Wildman–Crippen MR) is 133 cm³/mol. The van der Waals surface area contributed by atoms with E-state index in [0.29, 0.717) is 26.8 Å². The van der Waals surface area contributed by atoms with Crippen LogP contribution in [0.1, 0.15) is 16.3 Å². The van der Waals surface area contributed by atoms with Crippen molar-refractivity contribution in [3.63, 3.8) is 0 Å². The maximum atomic E-state index is 12.8. The molecule has 0 spiro atoms. The molecule has 5 aromatic rings. The zero-order valence-electron chi connectivity index (χ0n) is 18.4. The Hall–Kier alpha value is -3.77. The van der Waals surface area contributed by atoms with Crippen molar-refractivity contribution in [1.29, 1.82) is 0 Å². The van der Waals surface area contributed by atoms with Crippen molar-refractivity contribution in [2.45, 2.75) is 25.9 Å². The number of H-pyrrole nitrogens is 1. The topological polar surface area (TPSA) is 128 Å². The maximum Gasteiger partial charge on any atom is 0.281 e. The van der Waals surface area contributed by atoms with E-state index in [1.165, 1.54) is 17.7 Å². The Morgan fingerprint density at radius 3 is 2.68 bits per heavy atom. The van der Waals surface area contributed by atoms with Gasteiger partial charge in [-0.25, -0.2) is 19.6 Å². The summed E-state index contributed by atoms with van der Waals surface area (Å²) in [5.74, 6) is -0.0624. The predicted octanol–water partition coefficient (Wildman–Crippen LogP) is 2.67. The third kappa shape index (κ3) is 3.90. The number of hydrogen-bond acceptors (Lipinski definition) is 8. The molecule has 1 aromatic carbocycles. The number of nitrogens with zero attached hydrogens (tertiary/aromatic N) is 5. The Labute approximate surface area is 200 Å². The first-order valence-electron chi connectivity index (χ1n) is 10.3. The Morgan fingerprint density at radius 2 is 1.91 bits per heavy atom. The van der Waals surface area contributed by atoms with Gasteiger partial charge >= 0.3 is 0 Å². The first kappa shape index (κ1) is 22.0. The fourth-order valence-electron chi connectivity index (χ4n) is 3.53. The minimum Gasteiger partial charge on any atom is -0.311 e. The number of thiophene rings is 1. The number of thioether (sulfide) groups is 1. The number of aryl methyl sites for hydroxylation is 3. The summed E-state index contributed by atoms with van der Waals surface area (Å²) in [7, 11) is 0. The molecule has 1 amide bonds. The molecule has 0 saturated carbocycles. The van der Waals surface area contributed by atoms with Gasteiger partial charge in [0.1, 0.15) is 10.7 Å². The molecule has 172 valence electrons. The summed E-state index contributed by atoms with van der Waals surface area (Å²) in [6, 6.07) is 9.45. The van der Waals surface area contributed by atoms with Crippen LogP contribution in [-0.2, 0) is 4.79 Å². The quantitative estimate of drug-likeness (QED) is 0.360. The average molecular weight is 494 g/mol. The zero-order valence-corrected chi connectivity index (χ0v) is 20.1. The lowest BCUT2D eigenvalue weighted by Gasteiger charge is -2.11. The average Bonchev–Trinajstić information content (AvgIpc) is 3.36. The van der Waals surface area contributed by atoms with Crippen molar-refractivity contribution in [3.8, 4) is 5.69 Å². The molecule has 0 bridgehead atoms.